The summed E-state index contributed by atoms with van der Waals surface area (Å²) in [6, 6.07) is 7.37. The number of hydrogen-bond donors (Lipinski definition) is 1. The van der Waals surface area contributed by atoms with Crippen LogP contribution in [0.15, 0.2) is 41.1 Å². The van der Waals surface area contributed by atoms with E-state index in [-0.39, 0.29) is 82.6 Å². The summed E-state index contributed by atoms with van der Waals surface area (Å²) in [6.07, 6.45) is 12.9. The van der Waals surface area contributed by atoms with E-state index in [4.69, 9.17) is 25.4 Å². The van der Waals surface area contributed by atoms with E-state index in [1.54, 1.807) is 0 Å². The number of fused-ring (bicyclic) bond motifs is 4. The maximum absolute atomic E-state index is 17.2. The van der Waals surface area contributed by atoms with Gasteiger partial charge in [0.2, 0.25) is 5.91 Å². The number of piperidine rings is 1. The highest BCUT2D eigenvalue weighted by Gasteiger charge is 2.45. The molecule has 2 aromatic carbocycles. The van der Waals surface area contributed by atoms with Crippen molar-refractivity contribution in [3.8, 4) is 35.4 Å². The average Bonchev–Trinajstić information content (AvgIpc) is 4.06. The summed E-state index contributed by atoms with van der Waals surface area (Å²) < 4.78 is 50.0. The lowest BCUT2D eigenvalue weighted by molar-refractivity contribution is -0.131. The molecule has 3 aromatic heterocycles. The number of halogens is 2. The first-order chi connectivity index (χ1) is 33.7. The molecule has 5 fully saturated rings. The second kappa shape index (κ2) is 19.5. The van der Waals surface area contributed by atoms with E-state index >= 15 is 8.78 Å². The Labute approximate surface area is 406 Å². The fourth-order valence-corrected chi connectivity index (χ4v) is 11.2. The van der Waals surface area contributed by atoms with Gasteiger partial charge in [-0.1, -0.05) is 17.1 Å². The van der Waals surface area contributed by atoms with Gasteiger partial charge in [0.1, 0.15) is 46.6 Å². The minimum absolute atomic E-state index is 0.00216. The van der Waals surface area contributed by atoms with Crippen LogP contribution < -0.4 is 14.5 Å². The van der Waals surface area contributed by atoms with Crippen LogP contribution in [-0.4, -0.2) is 159 Å². The maximum Gasteiger partial charge on any atom is 0.410 e. The predicted molar refractivity (Wildman–Crippen MR) is 261 cm³/mol. The largest absolute Gasteiger partial charge is 0.508 e. The Hall–Kier alpha value is -6.32. The maximum atomic E-state index is 17.2. The number of rotatable bonds is 11. The summed E-state index contributed by atoms with van der Waals surface area (Å²) >= 11 is 0. The highest BCUT2D eigenvalue weighted by atomic mass is 19.1. The molecule has 0 aliphatic carbocycles. The van der Waals surface area contributed by atoms with Crippen LogP contribution in [-0.2, 0) is 16.0 Å². The van der Waals surface area contributed by atoms with E-state index in [1.165, 1.54) is 30.5 Å². The van der Waals surface area contributed by atoms with Crippen molar-refractivity contribution in [1.29, 1.82) is 0 Å². The fraction of sp³-hybridized carbons (Fsp3) is 0.538. The summed E-state index contributed by atoms with van der Waals surface area (Å²) in [4.78, 5) is 53.2. The van der Waals surface area contributed by atoms with Crippen molar-refractivity contribution >= 4 is 45.3 Å². The van der Waals surface area contributed by atoms with Crippen LogP contribution in [0.5, 0.6) is 11.8 Å². The topological polar surface area (TPSA) is 157 Å². The van der Waals surface area contributed by atoms with Gasteiger partial charge in [0.05, 0.1) is 29.5 Å². The minimum Gasteiger partial charge on any atom is -0.508 e. The molecule has 70 heavy (non-hydrogen) atoms. The lowest BCUT2D eigenvalue weighted by atomic mass is 9.96. The molecule has 8 heterocycles. The van der Waals surface area contributed by atoms with E-state index in [2.05, 4.69) is 42.7 Å². The number of phenols is 1. The highest BCUT2D eigenvalue weighted by molar-refractivity contribution is 6.03. The Morgan fingerprint density at radius 3 is 2.39 bits per heavy atom. The van der Waals surface area contributed by atoms with Crippen LogP contribution in [0, 0.1) is 29.9 Å². The van der Waals surface area contributed by atoms with Crippen molar-refractivity contribution in [2.75, 3.05) is 88.4 Å². The summed E-state index contributed by atoms with van der Waals surface area (Å²) in [5.41, 5.74) is -0.803. The lowest BCUT2D eigenvalue weighted by Crippen LogP contribution is -2.57. The van der Waals surface area contributed by atoms with Gasteiger partial charge in [0.25, 0.3) is 0 Å². The van der Waals surface area contributed by atoms with Crippen LogP contribution in [0.25, 0.3) is 32.9 Å². The molecule has 0 saturated carbocycles. The summed E-state index contributed by atoms with van der Waals surface area (Å²) in [7, 11) is 0. The van der Waals surface area contributed by atoms with Crippen molar-refractivity contribution in [2.45, 2.75) is 96.4 Å². The molecule has 10 rings (SSSR count). The molecule has 5 aliphatic heterocycles. The van der Waals surface area contributed by atoms with Crippen LogP contribution in [0.2, 0.25) is 0 Å². The molecule has 5 aromatic rings. The van der Waals surface area contributed by atoms with Crippen molar-refractivity contribution in [3.63, 3.8) is 0 Å². The van der Waals surface area contributed by atoms with Gasteiger partial charge < -0.3 is 33.8 Å². The minimum atomic E-state index is -0.799. The third-order valence-electron chi connectivity index (χ3n) is 14.8. The van der Waals surface area contributed by atoms with E-state index in [1.807, 2.05) is 41.5 Å². The zero-order chi connectivity index (χ0) is 48.8. The summed E-state index contributed by atoms with van der Waals surface area (Å²) in [5.74, 6) is 3.30. The fourth-order valence-electron chi connectivity index (χ4n) is 11.2. The first-order valence-electron chi connectivity index (χ1n) is 24.8. The zero-order valence-electron chi connectivity index (χ0n) is 40.5. The van der Waals surface area contributed by atoms with Crippen LogP contribution in [0.3, 0.4) is 0 Å². The van der Waals surface area contributed by atoms with Crippen molar-refractivity contribution in [2.24, 2.45) is 5.92 Å². The molecular formula is C52H62F2N10O6. The lowest BCUT2D eigenvalue weighted by Gasteiger charge is -2.42. The number of pyridine rings is 1. The zero-order valence-corrected chi connectivity index (χ0v) is 40.5. The molecule has 370 valence electrons. The molecule has 2 bridgehead atoms. The molecule has 3 unspecified atom stereocenters. The second-order valence-electron chi connectivity index (χ2n) is 20.7. The van der Waals surface area contributed by atoms with Crippen molar-refractivity contribution in [3.05, 3.63) is 59.5 Å². The SMILES string of the molecule is C#Cc1c(F)ccc2cc(O)cc(-c3ncc4c(N5CC6CCC(C5)N6C(=O)OC(C)(C)C)nc(OCCN5CCC(CN6CCN(c7cc(CC(=O)N8CCCC8C)on7)CC6)CC5)nc4c3F)c12. The number of ether oxygens (including phenoxy) is 2. The van der Waals surface area contributed by atoms with Crippen LogP contribution in [0.1, 0.15) is 77.5 Å². The number of terminal acetylenes is 1. The molecule has 16 nitrogen and oxygen atoms in total. The summed E-state index contributed by atoms with van der Waals surface area (Å²) in [6.45, 7) is 16.7. The number of hydrogen-bond acceptors (Lipinski definition) is 14. The molecule has 5 saturated heterocycles. The number of nitrogens with zero attached hydrogens (tertiary/aromatic N) is 10. The Morgan fingerprint density at radius 1 is 0.929 bits per heavy atom. The smallest absolute Gasteiger partial charge is 0.410 e. The quantitative estimate of drug-likeness (QED) is 0.137. The summed E-state index contributed by atoms with van der Waals surface area (Å²) in [5, 5.41) is 16.1. The monoisotopic (exact) mass is 960 g/mol. The van der Waals surface area contributed by atoms with Gasteiger partial charge in [-0.05, 0) is 109 Å². The Balaban J connectivity index is 0.800. The van der Waals surface area contributed by atoms with Gasteiger partial charge in [0.15, 0.2) is 11.6 Å². The first-order valence-corrected chi connectivity index (χ1v) is 24.8. The highest BCUT2D eigenvalue weighted by Crippen LogP contribution is 2.41. The molecule has 0 radical (unpaired) electrons. The third kappa shape index (κ3) is 9.74. The average molecular weight is 961 g/mol. The van der Waals surface area contributed by atoms with Crippen LogP contribution >= 0.6 is 0 Å². The normalized spacial score (nSPS) is 21.5. The Morgan fingerprint density at radius 2 is 1.69 bits per heavy atom. The number of carbonyl (C=O) groups is 2. The molecule has 1 N–H and O–H groups in total. The Kier molecular flexibility index (Phi) is 13.2. The molecule has 18 heteroatoms. The van der Waals surface area contributed by atoms with E-state index in [0.29, 0.717) is 47.9 Å². The van der Waals surface area contributed by atoms with Gasteiger partial charge in [-0.15, -0.1) is 6.42 Å². The van der Waals surface area contributed by atoms with Crippen LogP contribution in [0.4, 0.5) is 25.2 Å². The number of aromatic hydroxyl groups is 1. The molecular weight excluding hydrogens is 899 g/mol. The van der Waals surface area contributed by atoms with Gasteiger partial charge in [-0.2, -0.15) is 9.97 Å². The van der Waals surface area contributed by atoms with E-state index in [0.717, 1.165) is 96.7 Å². The number of likely N-dealkylation sites (tertiary alicyclic amines) is 2. The third-order valence-corrected chi connectivity index (χ3v) is 14.8. The van der Waals surface area contributed by atoms with Crippen molar-refractivity contribution < 1.29 is 37.5 Å². The number of phenolic OH excluding ortho intramolecular Hbond substituents is 1. The second-order valence-corrected chi connectivity index (χ2v) is 20.7. The molecule has 5 aliphatic rings. The Bertz CT molecular complexity index is 2800. The first kappa shape index (κ1) is 47.4. The molecule has 2 amide bonds. The van der Waals surface area contributed by atoms with E-state index < -0.39 is 17.2 Å². The van der Waals surface area contributed by atoms with Gasteiger partial charge >= 0.3 is 12.1 Å². The predicted octanol–water partition coefficient (Wildman–Crippen LogP) is 6.85. The van der Waals surface area contributed by atoms with Gasteiger partial charge in [-0.3, -0.25) is 24.5 Å². The van der Waals surface area contributed by atoms with Gasteiger partial charge in [0, 0.05) is 88.2 Å². The van der Waals surface area contributed by atoms with Gasteiger partial charge in [-0.25, -0.2) is 13.6 Å². The number of amides is 2. The number of aromatic nitrogens is 4. The number of carbonyl (C=O) groups excluding carboxylic acids is 2. The number of anilines is 2. The standard InChI is InChI=1S/C52H62F2N10O6/c1-6-39-42(53)12-9-34-24-37(65)25-40(45(34)39)47-46(54)48-41(28-55-47)49(62-30-35-10-11-36(31-62)64(35)51(67)69-52(3,4)5)57-50(56-48)68-23-22-59-16-13-33(14-17-59)29-60-18-20-61(21-19-60)43-26-38(70-58-43)27-44(66)63-15-7-8-32(63)2/h1,9,12,24-26,28,32-33,35-36,65H,7-8,10-11,13-23,27,29-31H2,2-5H3. The number of benzene rings is 2. The van der Waals surface area contributed by atoms with E-state index in [9.17, 15) is 14.7 Å². The number of piperazine rings is 2. The molecule has 0 spiro atoms. The molecule has 3 atom stereocenters. The van der Waals surface area contributed by atoms with Crippen molar-refractivity contribution in [1.82, 2.24) is 39.7 Å².